The van der Waals surface area contributed by atoms with Gasteiger partial charge >= 0.3 is 0 Å². The van der Waals surface area contributed by atoms with Gasteiger partial charge in [0.25, 0.3) is 0 Å². The molecule has 1 atom stereocenters. The lowest BCUT2D eigenvalue weighted by molar-refractivity contribution is -0.117. The van der Waals surface area contributed by atoms with Crippen LogP contribution in [0.2, 0.25) is 0 Å². The van der Waals surface area contributed by atoms with Crippen molar-refractivity contribution in [2.24, 2.45) is 11.7 Å². The van der Waals surface area contributed by atoms with Crippen LogP contribution in [-0.4, -0.2) is 30.5 Å². The van der Waals surface area contributed by atoms with Crippen molar-refractivity contribution in [1.29, 1.82) is 0 Å². The normalized spacial score (nSPS) is 22.8. The van der Waals surface area contributed by atoms with Gasteiger partial charge in [0.1, 0.15) is 0 Å². The zero-order chi connectivity index (χ0) is 8.81. The third-order valence-electron chi connectivity index (χ3n) is 2.01. The summed E-state index contributed by atoms with van der Waals surface area (Å²) in [6, 6.07) is 0. The Hall–Kier alpha value is -0.220. The molecule has 1 saturated heterocycles. The highest BCUT2D eigenvalue weighted by atomic mass is 32.2. The van der Waals surface area contributed by atoms with E-state index in [0.717, 1.165) is 24.8 Å². The Kier molecular flexibility index (Phi) is 4.46. The largest absolute Gasteiger partial charge is 0.370 e. The van der Waals surface area contributed by atoms with Gasteiger partial charge < -0.3 is 11.1 Å². The van der Waals surface area contributed by atoms with Crippen LogP contribution in [0, 0.1) is 5.92 Å². The van der Waals surface area contributed by atoms with E-state index in [4.69, 9.17) is 5.73 Å². The van der Waals surface area contributed by atoms with Gasteiger partial charge in [-0.1, -0.05) is 0 Å². The van der Waals surface area contributed by atoms with E-state index in [1.165, 1.54) is 12.2 Å². The van der Waals surface area contributed by atoms with Gasteiger partial charge in [-0.3, -0.25) is 4.79 Å². The molecule has 0 aliphatic carbocycles. The standard InChI is InChI=1S/C8H16N2OS/c9-8(11)2-4-12-6-7-1-3-10-5-7/h7,10H,1-6H2,(H2,9,11). The highest BCUT2D eigenvalue weighted by Crippen LogP contribution is 2.15. The van der Waals surface area contributed by atoms with E-state index < -0.39 is 0 Å². The zero-order valence-corrected chi connectivity index (χ0v) is 8.03. The highest BCUT2D eigenvalue weighted by Gasteiger charge is 2.13. The molecule has 1 unspecified atom stereocenters. The maximum atomic E-state index is 10.4. The fourth-order valence-corrected chi connectivity index (χ4v) is 2.41. The van der Waals surface area contributed by atoms with Gasteiger partial charge in [0, 0.05) is 12.2 Å². The first-order chi connectivity index (χ1) is 5.79. The molecular formula is C8H16N2OS. The molecule has 1 aliphatic rings. The topological polar surface area (TPSA) is 55.1 Å². The minimum atomic E-state index is -0.188. The summed E-state index contributed by atoms with van der Waals surface area (Å²) in [4.78, 5) is 10.4. The number of rotatable bonds is 5. The van der Waals surface area contributed by atoms with Crippen molar-refractivity contribution in [2.45, 2.75) is 12.8 Å². The van der Waals surface area contributed by atoms with Crippen LogP contribution in [0.4, 0.5) is 0 Å². The van der Waals surface area contributed by atoms with Crippen molar-refractivity contribution in [3.05, 3.63) is 0 Å². The molecule has 0 aromatic heterocycles. The van der Waals surface area contributed by atoms with E-state index in [1.807, 2.05) is 11.8 Å². The predicted molar refractivity (Wildman–Crippen MR) is 52.1 cm³/mol. The van der Waals surface area contributed by atoms with Crippen LogP contribution in [0.5, 0.6) is 0 Å². The van der Waals surface area contributed by atoms with Gasteiger partial charge in [0.15, 0.2) is 0 Å². The summed E-state index contributed by atoms with van der Waals surface area (Å²) in [6.45, 7) is 2.30. The lowest BCUT2D eigenvalue weighted by atomic mass is 10.2. The summed E-state index contributed by atoms with van der Waals surface area (Å²) in [6.07, 6.45) is 1.80. The molecule has 1 fully saturated rings. The fraction of sp³-hybridized carbons (Fsp3) is 0.875. The molecule has 0 bridgehead atoms. The van der Waals surface area contributed by atoms with Gasteiger partial charge in [-0.15, -0.1) is 0 Å². The fourth-order valence-electron chi connectivity index (χ4n) is 1.28. The van der Waals surface area contributed by atoms with E-state index in [-0.39, 0.29) is 5.91 Å². The number of nitrogens with one attached hydrogen (secondary N) is 1. The van der Waals surface area contributed by atoms with Crippen LogP contribution >= 0.6 is 11.8 Å². The average molecular weight is 188 g/mol. The smallest absolute Gasteiger partial charge is 0.218 e. The summed E-state index contributed by atoms with van der Waals surface area (Å²) in [5.74, 6) is 2.67. The number of hydrogen-bond donors (Lipinski definition) is 2. The van der Waals surface area contributed by atoms with E-state index in [0.29, 0.717) is 6.42 Å². The first-order valence-corrected chi connectivity index (χ1v) is 5.51. The molecule has 70 valence electrons. The Morgan fingerprint density at radius 3 is 3.08 bits per heavy atom. The Bertz CT molecular complexity index is 146. The molecule has 1 aliphatic heterocycles. The molecule has 3 nitrogen and oxygen atoms in total. The lowest BCUT2D eigenvalue weighted by Crippen LogP contribution is -2.13. The molecule has 12 heavy (non-hydrogen) atoms. The Balaban J connectivity index is 1.91. The van der Waals surface area contributed by atoms with Crippen LogP contribution in [0.3, 0.4) is 0 Å². The summed E-state index contributed by atoms with van der Waals surface area (Å²) >= 11 is 1.84. The molecule has 0 saturated carbocycles. The third kappa shape index (κ3) is 3.97. The second-order valence-corrected chi connectivity index (χ2v) is 4.30. The minimum Gasteiger partial charge on any atom is -0.370 e. The van der Waals surface area contributed by atoms with E-state index in [9.17, 15) is 4.79 Å². The summed E-state index contributed by atoms with van der Waals surface area (Å²) in [5.41, 5.74) is 5.02. The zero-order valence-electron chi connectivity index (χ0n) is 7.21. The quantitative estimate of drug-likeness (QED) is 0.606. The maximum absolute atomic E-state index is 10.4. The maximum Gasteiger partial charge on any atom is 0.218 e. The first-order valence-electron chi connectivity index (χ1n) is 4.36. The monoisotopic (exact) mass is 188 g/mol. The van der Waals surface area contributed by atoms with Crippen LogP contribution < -0.4 is 11.1 Å². The average Bonchev–Trinajstić information content (AvgIpc) is 2.49. The van der Waals surface area contributed by atoms with Crippen molar-refractivity contribution >= 4 is 17.7 Å². The SMILES string of the molecule is NC(=O)CCSCC1CCNC1. The molecule has 0 aromatic carbocycles. The van der Waals surface area contributed by atoms with Gasteiger partial charge in [-0.2, -0.15) is 11.8 Å². The van der Waals surface area contributed by atoms with Crippen LogP contribution in [0.1, 0.15) is 12.8 Å². The van der Waals surface area contributed by atoms with Gasteiger partial charge in [-0.25, -0.2) is 0 Å². The molecule has 0 spiro atoms. The molecule has 0 radical (unpaired) electrons. The molecule has 1 rings (SSSR count). The van der Waals surface area contributed by atoms with Crippen molar-refractivity contribution in [2.75, 3.05) is 24.6 Å². The molecule has 0 aromatic rings. The Morgan fingerprint density at radius 1 is 1.67 bits per heavy atom. The Morgan fingerprint density at radius 2 is 2.50 bits per heavy atom. The van der Waals surface area contributed by atoms with Crippen molar-refractivity contribution in [3.8, 4) is 0 Å². The molecule has 4 heteroatoms. The number of nitrogens with two attached hydrogens (primary N) is 1. The number of hydrogen-bond acceptors (Lipinski definition) is 3. The van der Waals surface area contributed by atoms with Gasteiger partial charge in [0.2, 0.25) is 5.91 Å². The highest BCUT2D eigenvalue weighted by molar-refractivity contribution is 7.99. The second kappa shape index (κ2) is 5.43. The lowest BCUT2D eigenvalue weighted by Gasteiger charge is -2.05. The van der Waals surface area contributed by atoms with Crippen molar-refractivity contribution in [1.82, 2.24) is 5.32 Å². The Labute approximate surface area is 77.5 Å². The first kappa shape index (κ1) is 9.86. The van der Waals surface area contributed by atoms with E-state index >= 15 is 0 Å². The number of amides is 1. The van der Waals surface area contributed by atoms with Gasteiger partial charge in [0.05, 0.1) is 0 Å². The van der Waals surface area contributed by atoms with Crippen LogP contribution in [0.15, 0.2) is 0 Å². The number of thioether (sulfide) groups is 1. The summed E-state index contributed by atoms with van der Waals surface area (Å²) in [7, 11) is 0. The van der Waals surface area contributed by atoms with Crippen molar-refractivity contribution < 1.29 is 4.79 Å². The molecule has 1 heterocycles. The summed E-state index contributed by atoms with van der Waals surface area (Å²) in [5, 5.41) is 3.32. The number of carbonyl (C=O) groups is 1. The summed E-state index contributed by atoms with van der Waals surface area (Å²) < 4.78 is 0. The number of primary amides is 1. The van der Waals surface area contributed by atoms with Gasteiger partial charge in [-0.05, 0) is 31.2 Å². The third-order valence-corrected chi connectivity index (χ3v) is 3.21. The minimum absolute atomic E-state index is 0.188. The second-order valence-electron chi connectivity index (χ2n) is 3.15. The van der Waals surface area contributed by atoms with Crippen molar-refractivity contribution in [3.63, 3.8) is 0 Å². The molecule has 1 amide bonds. The van der Waals surface area contributed by atoms with E-state index in [2.05, 4.69) is 5.32 Å². The molecular weight excluding hydrogens is 172 g/mol. The predicted octanol–water partition coefficient (Wildman–Crippen LogP) is 0.205. The van der Waals surface area contributed by atoms with Crippen LogP contribution in [-0.2, 0) is 4.79 Å². The number of carbonyl (C=O) groups excluding carboxylic acids is 1. The van der Waals surface area contributed by atoms with E-state index in [1.54, 1.807) is 0 Å². The molecule has 3 N–H and O–H groups in total. The van der Waals surface area contributed by atoms with Crippen LogP contribution in [0.25, 0.3) is 0 Å².